The third kappa shape index (κ3) is 5.37. The predicted molar refractivity (Wildman–Crippen MR) is 133 cm³/mol. The smallest absolute Gasteiger partial charge is 0.224 e. The van der Waals surface area contributed by atoms with Gasteiger partial charge in [0.1, 0.15) is 5.82 Å². The molecule has 4 rings (SSSR count). The summed E-state index contributed by atoms with van der Waals surface area (Å²) in [5.41, 5.74) is 6.61. The predicted octanol–water partition coefficient (Wildman–Crippen LogP) is 5.64. The Labute approximate surface area is 196 Å². The first kappa shape index (κ1) is 22.9. The van der Waals surface area contributed by atoms with Gasteiger partial charge >= 0.3 is 0 Å². The molecule has 0 fully saturated rings. The van der Waals surface area contributed by atoms with Crippen LogP contribution in [0.1, 0.15) is 35.6 Å². The van der Waals surface area contributed by atoms with Crippen molar-refractivity contribution in [2.75, 3.05) is 12.8 Å². The van der Waals surface area contributed by atoms with E-state index < -0.39 is 10.8 Å². The molecule has 0 aliphatic heterocycles. The van der Waals surface area contributed by atoms with Gasteiger partial charge in [-0.2, -0.15) is 0 Å². The minimum Gasteiger partial charge on any atom is -0.355 e. The number of hydrogen-bond acceptors (Lipinski definition) is 2. The van der Waals surface area contributed by atoms with Crippen molar-refractivity contribution in [1.29, 1.82) is 0 Å². The standard InChI is InChI=1S/C28H26FNO2S/c1-19-25(16-21-8-11-23(12-9-21)33(2)32)24-13-10-22(29)17-27(24)26(19)18-28(31)30-15-14-20-6-4-3-5-7-20/h3-13,16-17H,14-15,18H2,1-2H3,(H,30,31)/b25-16-. The molecule has 0 saturated carbocycles. The summed E-state index contributed by atoms with van der Waals surface area (Å²) in [6.45, 7) is 2.53. The second-order valence-electron chi connectivity index (χ2n) is 8.14. The van der Waals surface area contributed by atoms with Crippen molar-refractivity contribution in [2.45, 2.75) is 24.7 Å². The van der Waals surface area contributed by atoms with Gasteiger partial charge in [-0.1, -0.05) is 48.5 Å². The molecule has 1 atom stereocenters. The van der Waals surface area contributed by atoms with Crippen LogP contribution in [0.25, 0.3) is 17.2 Å². The number of rotatable bonds is 7. The molecule has 0 saturated heterocycles. The van der Waals surface area contributed by atoms with E-state index in [0.717, 1.165) is 44.7 Å². The summed E-state index contributed by atoms with van der Waals surface area (Å²) in [5.74, 6) is -0.397. The molecule has 1 N–H and O–H groups in total. The quantitative estimate of drug-likeness (QED) is 0.497. The van der Waals surface area contributed by atoms with Crippen molar-refractivity contribution in [3.8, 4) is 0 Å². The molecule has 0 radical (unpaired) electrons. The average Bonchev–Trinajstić information content (AvgIpc) is 3.05. The minimum absolute atomic E-state index is 0.0773. The summed E-state index contributed by atoms with van der Waals surface area (Å²) >= 11 is 0. The van der Waals surface area contributed by atoms with Crippen LogP contribution in [0.3, 0.4) is 0 Å². The number of benzene rings is 3. The van der Waals surface area contributed by atoms with Crippen LogP contribution in [-0.4, -0.2) is 22.9 Å². The Kier molecular flexibility index (Phi) is 6.99. The molecule has 5 heteroatoms. The fourth-order valence-corrected chi connectivity index (χ4v) is 4.64. The fourth-order valence-electron chi connectivity index (χ4n) is 4.12. The topological polar surface area (TPSA) is 46.2 Å². The van der Waals surface area contributed by atoms with Gasteiger partial charge in [-0.25, -0.2) is 4.39 Å². The van der Waals surface area contributed by atoms with E-state index in [0.29, 0.717) is 6.54 Å². The number of nitrogens with one attached hydrogen (secondary N) is 1. The Balaban J connectivity index is 1.56. The second-order valence-corrected chi connectivity index (χ2v) is 9.52. The zero-order valence-electron chi connectivity index (χ0n) is 18.7. The molecule has 1 aliphatic rings. The normalized spacial score (nSPS) is 14.9. The van der Waals surface area contributed by atoms with Crippen LogP contribution in [0, 0.1) is 5.82 Å². The number of halogens is 1. The highest BCUT2D eigenvalue weighted by Gasteiger charge is 2.25. The van der Waals surface area contributed by atoms with E-state index in [4.69, 9.17) is 0 Å². The molecule has 3 aromatic carbocycles. The van der Waals surface area contributed by atoms with Crippen LogP contribution in [-0.2, 0) is 22.0 Å². The van der Waals surface area contributed by atoms with Crippen molar-refractivity contribution in [1.82, 2.24) is 5.32 Å². The monoisotopic (exact) mass is 459 g/mol. The maximum Gasteiger partial charge on any atom is 0.224 e. The molecule has 3 aromatic rings. The van der Waals surface area contributed by atoms with E-state index in [1.165, 1.54) is 17.7 Å². The minimum atomic E-state index is -1.03. The largest absolute Gasteiger partial charge is 0.355 e. The average molecular weight is 460 g/mol. The number of fused-ring (bicyclic) bond motifs is 1. The van der Waals surface area contributed by atoms with Crippen LogP contribution >= 0.6 is 0 Å². The van der Waals surface area contributed by atoms with Gasteiger partial charge in [0.25, 0.3) is 0 Å². The highest BCUT2D eigenvalue weighted by atomic mass is 32.2. The number of allylic oxidation sites excluding steroid dienone is 2. The molecule has 0 spiro atoms. The van der Waals surface area contributed by atoms with Crippen molar-refractivity contribution < 1.29 is 13.4 Å². The molecule has 1 aliphatic carbocycles. The zero-order chi connectivity index (χ0) is 23.4. The van der Waals surface area contributed by atoms with Crippen LogP contribution in [0.5, 0.6) is 0 Å². The van der Waals surface area contributed by atoms with Gasteiger partial charge in [0.2, 0.25) is 5.91 Å². The maximum absolute atomic E-state index is 14.1. The Bertz CT molecular complexity index is 1260. The Morgan fingerprint density at radius 1 is 1.00 bits per heavy atom. The Morgan fingerprint density at radius 3 is 2.42 bits per heavy atom. The maximum atomic E-state index is 14.1. The van der Waals surface area contributed by atoms with Crippen LogP contribution in [0.2, 0.25) is 0 Å². The first-order valence-corrected chi connectivity index (χ1v) is 12.4. The second kappa shape index (κ2) is 10.1. The fraction of sp³-hybridized carbons (Fsp3) is 0.179. The first-order chi connectivity index (χ1) is 15.9. The first-order valence-electron chi connectivity index (χ1n) is 10.9. The highest BCUT2D eigenvalue weighted by molar-refractivity contribution is 7.84. The summed E-state index contributed by atoms with van der Waals surface area (Å²) in [4.78, 5) is 13.5. The molecule has 1 unspecified atom stereocenters. The van der Waals surface area contributed by atoms with E-state index in [9.17, 15) is 13.4 Å². The number of carbonyl (C=O) groups excluding carboxylic acids is 1. The van der Waals surface area contributed by atoms with E-state index in [1.54, 1.807) is 12.3 Å². The van der Waals surface area contributed by atoms with Crippen molar-refractivity contribution in [3.05, 3.63) is 106 Å². The van der Waals surface area contributed by atoms with E-state index in [-0.39, 0.29) is 18.1 Å². The van der Waals surface area contributed by atoms with Gasteiger partial charge in [-0.3, -0.25) is 9.00 Å². The van der Waals surface area contributed by atoms with Gasteiger partial charge in [0, 0.05) is 28.5 Å². The molecular weight excluding hydrogens is 433 g/mol. The highest BCUT2D eigenvalue weighted by Crippen LogP contribution is 2.43. The number of carbonyl (C=O) groups is 1. The van der Waals surface area contributed by atoms with Gasteiger partial charge in [-0.15, -0.1) is 0 Å². The van der Waals surface area contributed by atoms with Crippen LogP contribution in [0.15, 0.2) is 83.3 Å². The molecular formula is C28H26FNO2S. The lowest BCUT2D eigenvalue weighted by Gasteiger charge is -2.08. The lowest BCUT2D eigenvalue weighted by Crippen LogP contribution is -2.25. The summed E-state index contributed by atoms with van der Waals surface area (Å²) < 4.78 is 25.8. The number of hydrogen-bond donors (Lipinski definition) is 1. The molecule has 3 nitrogen and oxygen atoms in total. The van der Waals surface area contributed by atoms with Gasteiger partial charge < -0.3 is 5.32 Å². The van der Waals surface area contributed by atoms with Crippen molar-refractivity contribution in [2.24, 2.45) is 0 Å². The number of amides is 1. The third-order valence-corrected chi connectivity index (χ3v) is 6.83. The summed E-state index contributed by atoms with van der Waals surface area (Å²) in [6, 6.07) is 22.3. The lowest BCUT2D eigenvalue weighted by atomic mass is 10.0. The van der Waals surface area contributed by atoms with Gasteiger partial charge in [-0.05, 0) is 82.7 Å². The third-order valence-electron chi connectivity index (χ3n) is 5.89. The Hall–Kier alpha value is -3.31. The zero-order valence-corrected chi connectivity index (χ0v) is 19.5. The SMILES string of the molecule is CC1=C(CC(=O)NCCc2ccccc2)c2cc(F)ccc2/C1=C\c1ccc(S(C)=O)cc1. The molecule has 0 bridgehead atoms. The summed E-state index contributed by atoms with van der Waals surface area (Å²) in [5, 5.41) is 2.99. The molecule has 33 heavy (non-hydrogen) atoms. The van der Waals surface area contributed by atoms with Crippen molar-refractivity contribution >= 4 is 33.9 Å². The Morgan fingerprint density at radius 2 is 1.73 bits per heavy atom. The summed E-state index contributed by atoms with van der Waals surface area (Å²) in [7, 11) is -1.03. The van der Waals surface area contributed by atoms with E-state index in [1.807, 2.05) is 67.6 Å². The van der Waals surface area contributed by atoms with Gasteiger partial charge in [0.05, 0.1) is 6.42 Å². The van der Waals surface area contributed by atoms with E-state index >= 15 is 0 Å². The lowest BCUT2D eigenvalue weighted by molar-refractivity contribution is -0.120. The molecule has 0 heterocycles. The van der Waals surface area contributed by atoms with Crippen LogP contribution in [0.4, 0.5) is 4.39 Å². The van der Waals surface area contributed by atoms with Crippen LogP contribution < -0.4 is 5.32 Å². The molecule has 168 valence electrons. The molecule has 1 amide bonds. The van der Waals surface area contributed by atoms with Gasteiger partial charge in [0.15, 0.2) is 0 Å². The molecule has 0 aromatic heterocycles. The van der Waals surface area contributed by atoms with E-state index in [2.05, 4.69) is 5.32 Å². The van der Waals surface area contributed by atoms with Crippen molar-refractivity contribution in [3.63, 3.8) is 0 Å². The summed E-state index contributed by atoms with van der Waals surface area (Å²) in [6.07, 6.45) is 4.65.